The predicted molar refractivity (Wildman–Crippen MR) is 93.1 cm³/mol. The molecule has 1 aromatic rings. The van der Waals surface area contributed by atoms with E-state index in [-0.39, 0.29) is 17.9 Å². The van der Waals surface area contributed by atoms with Gasteiger partial charge in [0.15, 0.2) is 0 Å². The number of ether oxygens (including phenoxy) is 1. The first-order valence-electron chi connectivity index (χ1n) is 8.46. The van der Waals surface area contributed by atoms with E-state index in [4.69, 9.17) is 4.74 Å². The number of hydrogen-bond acceptors (Lipinski definition) is 6. The lowest BCUT2D eigenvalue weighted by atomic mass is 10.1. The van der Waals surface area contributed by atoms with E-state index in [0.717, 1.165) is 24.5 Å². The van der Waals surface area contributed by atoms with Crippen molar-refractivity contribution in [3.63, 3.8) is 0 Å². The van der Waals surface area contributed by atoms with Gasteiger partial charge in [-0.05, 0) is 18.6 Å². The summed E-state index contributed by atoms with van der Waals surface area (Å²) >= 11 is 0. The lowest BCUT2D eigenvalue weighted by Gasteiger charge is -2.32. The first kappa shape index (κ1) is 17.3. The number of pyridine rings is 1. The molecule has 0 radical (unpaired) electrons. The van der Waals surface area contributed by atoms with Crippen LogP contribution in [-0.2, 0) is 20.9 Å². The molecule has 1 fully saturated rings. The molecule has 2 amide bonds. The molecule has 1 unspecified atom stereocenters. The molecule has 2 aliphatic rings. The van der Waals surface area contributed by atoms with Gasteiger partial charge in [0.2, 0.25) is 5.91 Å². The van der Waals surface area contributed by atoms with E-state index >= 15 is 0 Å². The third kappa shape index (κ3) is 4.33. The van der Waals surface area contributed by atoms with Crippen molar-refractivity contribution in [1.29, 1.82) is 0 Å². The SMILES string of the molecule is CC1CN(c2ccc(CNC(=O)C3=NN(C)C(=O)CC3)cn2)CCO1. The number of amides is 2. The normalized spacial score (nSPS) is 21.1. The molecule has 0 aromatic carbocycles. The average Bonchev–Trinajstić information content (AvgIpc) is 2.62. The Labute approximate surface area is 146 Å². The third-order valence-corrected chi connectivity index (χ3v) is 4.30. The molecule has 0 bridgehead atoms. The lowest BCUT2D eigenvalue weighted by molar-refractivity contribution is -0.130. The highest BCUT2D eigenvalue weighted by Crippen LogP contribution is 2.15. The highest BCUT2D eigenvalue weighted by Gasteiger charge is 2.22. The zero-order valence-corrected chi connectivity index (χ0v) is 14.6. The van der Waals surface area contributed by atoms with E-state index in [0.29, 0.717) is 31.7 Å². The molecule has 1 saturated heterocycles. The van der Waals surface area contributed by atoms with Crippen molar-refractivity contribution in [2.75, 3.05) is 31.6 Å². The Morgan fingerprint density at radius 1 is 1.40 bits per heavy atom. The van der Waals surface area contributed by atoms with Crippen molar-refractivity contribution in [3.05, 3.63) is 23.9 Å². The topological polar surface area (TPSA) is 87.1 Å². The molecule has 0 aliphatic carbocycles. The Kier molecular flexibility index (Phi) is 5.28. The van der Waals surface area contributed by atoms with Crippen LogP contribution in [0.25, 0.3) is 0 Å². The first-order chi connectivity index (χ1) is 12.0. The van der Waals surface area contributed by atoms with E-state index in [1.54, 1.807) is 13.2 Å². The Bertz CT molecular complexity index is 673. The van der Waals surface area contributed by atoms with Gasteiger partial charge in [-0.25, -0.2) is 9.99 Å². The second-order valence-corrected chi connectivity index (χ2v) is 6.30. The standard InChI is InChI=1S/C17H23N5O3/c1-12-11-22(7-8-25-12)15-5-3-13(9-18-15)10-19-17(24)14-4-6-16(23)21(2)20-14/h3,5,9,12H,4,6-8,10-11H2,1-2H3,(H,19,24). The van der Waals surface area contributed by atoms with Gasteiger partial charge in [-0.2, -0.15) is 5.10 Å². The number of morpholine rings is 1. The number of hydrogen-bond donors (Lipinski definition) is 1. The van der Waals surface area contributed by atoms with Crippen molar-refractivity contribution in [1.82, 2.24) is 15.3 Å². The van der Waals surface area contributed by atoms with Crippen molar-refractivity contribution in [3.8, 4) is 0 Å². The Hall–Kier alpha value is -2.48. The van der Waals surface area contributed by atoms with Crippen LogP contribution in [-0.4, -0.2) is 60.4 Å². The van der Waals surface area contributed by atoms with Gasteiger partial charge in [-0.15, -0.1) is 0 Å². The minimum absolute atomic E-state index is 0.0752. The van der Waals surface area contributed by atoms with Crippen molar-refractivity contribution in [2.45, 2.75) is 32.4 Å². The monoisotopic (exact) mass is 345 g/mol. The van der Waals surface area contributed by atoms with Crippen molar-refractivity contribution in [2.24, 2.45) is 5.10 Å². The summed E-state index contributed by atoms with van der Waals surface area (Å²) in [5, 5.41) is 8.06. The molecule has 8 nitrogen and oxygen atoms in total. The number of aromatic nitrogens is 1. The number of anilines is 1. The summed E-state index contributed by atoms with van der Waals surface area (Å²) in [6.45, 7) is 4.80. The summed E-state index contributed by atoms with van der Waals surface area (Å²) in [7, 11) is 1.56. The van der Waals surface area contributed by atoms with Gasteiger partial charge in [-0.1, -0.05) is 6.07 Å². The lowest BCUT2D eigenvalue weighted by Crippen LogP contribution is -2.41. The van der Waals surface area contributed by atoms with Crippen LogP contribution in [0.1, 0.15) is 25.3 Å². The fourth-order valence-corrected chi connectivity index (χ4v) is 2.85. The zero-order valence-electron chi connectivity index (χ0n) is 14.6. The highest BCUT2D eigenvalue weighted by molar-refractivity contribution is 6.39. The largest absolute Gasteiger partial charge is 0.375 e. The van der Waals surface area contributed by atoms with Gasteiger partial charge < -0.3 is 15.0 Å². The van der Waals surface area contributed by atoms with Gasteiger partial charge >= 0.3 is 0 Å². The van der Waals surface area contributed by atoms with Gasteiger partial charge in [0, 0.05) is 45.7 Å². The maximum absolute atomic E-state index is 12.2. The van der Waals surface area contributed by atoms with E-state index in [1.165, 1.54) is 5.01 Å². The van der Waals surface area contributed by atoms with Crippen LogP contribution >= 0.6 is 0 Å². The van der Waals surface area contributed by atoms with Crippen LogP contribution in [0, 0.1) is 0 Å². The molecule has 0 spiro atoms. The van der Waals surface area contributed by atoms with Gasteiger partial charge in [0.1, 0.15) is 11.5 Å². The third-order valence-electron chi connectivity index (χ3n) is 4.30. The van der Waals surface area contributed by atoms with Crippen LogP contribution in [0.2, 0.25) is 0 Å². The Morgan fingerprint density at radius 3 is 2.92 bits per heavy atom. The van der Waals surface area contributed by atoms with Crippen LogP contribution in [0.4, 0.5) is 5.82 Å². The Morgan fingerprint density at radius 2 is 2.24 bits per heavy atom. The molecule has 25 heavy (non-hydrogen) atoms. The molecular weight excluding hydrogens is 322 g/mol. The molecule has 2 aliphatic heterocycles. The summed E-state index contributed by atoms with van der Waals surface area (Å²) < 4.78 is 5.54. The maximum Gasteiger partial charge on any atom is 0.267 e. The number of nitrogens with one attached hydrogen (secondary N) is 1. The fraction of sp³-hybridized carbons (Fsp3) is 0.529. The summed E-state index contributed by atoms with van der Waals surface area (Å²) in [5.74, 6) is 0.598. The average molecular weight is 345 g/mol. The molecule has 3 heterocycles. The maximum atomic E-state index is 12.2. The molecule has 1 N–H and O–H groups in total. The first-order valence-corrected chi connectivity index (χ1v) is 8.46. The fourth-order valence-electron chi connectivity index (χ4n) is 2.85. The summed E-state index contributed by atoms with van der Waals surface area (Å²) in [4.78, 5) is 30.2. The molecule has 1 aromatic heterocycles. The molecule has 0 saturated carbocycles. The van der Waals surface area contributed by atoms with Crippen LogP contribution in [0.3, 0.4) is 0 Å². The zero-order chi connectivity index (χ0) is 17.8. The summed E-state index contributed by atoms with van der Waals surface area (Å²) in [6, 6.07) is 3.92. The van der Waals surface area contributed by atoms with Gasteiger partial charge in [0.05, 0.1) is 12.7 Å². The predicted octanol–water partition coefficient (Wildman–Crippen LogP) is 0.531. The Balaban J connectivity index is 1.54. The molecule has 3 rings (SSSR count). The number of carbonyl (C=O) groups is 2. The van der Waals surface area contributed by atoms with Crippen LogP contribution in [0.15, 0.2) is 23.4 Å². The van der Waals surface area contributed by atoms with Crippen molar-refractivity contribution < 1.29 is 14.3 Å². The molecular formula is C17H23N5O3. The van der Waals surface area contributed by atoms with E-state index in [1.807, 2.05) is 12.1 Å². The van der Waals surface area contributed by atoms with Crippen LogP contribution in [0.5, 0.6) is 0 Å². The van der Waals surface area contributed by atoms with E-state index in [9.17, 15) is 9.59 Å². The van der Waals surface area contributed by atoms with Gasteiger partial charge in [-0.3, -0.25) is 9.59 Å². The molecule has 8 heteroatoms. The number of hydrazone groups is 1. The second-order valence-electron chi connectivity index (χ2n) is 6.30. The van der Waals surface area contributed by atoms with E-state index in [2.05, 4.69) is 27.2 Å². The minimum Gasteiger partial charge on any atom is -0.375 e. The smallest absolute Gasteiger partial charge is 0.267 e. The van der Waals surface area contributed by atoms with Crippen molar-refractivity contribution >= 4 is 23.3 Å². The highest BCUT2D eigenvalue weighted by atomic mass is 16.5. The number of nitrogens with zero attached hydrogens (tertiary/aromatic N) is 4. The number of carbonyl (C=O) groups excluding carboxylic acids is 2. The van der Waals surface area contributed by atoms with Crippen LogP contribution < -0.4 is 10.2 Å². The molecule has 134 valence electrons. The van der Waals surface area contributed by atoms with E-state index < -0.39 is 0 Å². The molecule has 1 atom stereocenters. The summed E-state index contributed by atoms with van der Waals surface area (Å²) in [6.07, 6.45) is 2.67. The number of rotatable bonds is 4. The summed E-state index contributed by atoms with van der Waals surface area (Å²) in [5.41, 5.74) is 1.30. The minimum atomic E-state index is -0.245. The quantitative estimate of drug-likeness (QED) is 0.860. The van der Waals surface area contributed by atoms with Gasteiger partial charge in [0.25, 0.3) is 5.91 Å². The second kappa shape index (κ2) is 7.60.